The minimum absolute atomic E-state index is 0.0812. The van der Waals surface area contributed by atoms with E-state index in [0.29, 0.717) is 11.6 Å². The lowest BCUT2D eigenvalue weighted by Crippen LogP contribution is -2.50. The summed E-state index contributed by atoms with van der Waals surface area (Å²) in [6.45, 7) is 4.70. The molecule has 12 heteroatoms. The molecule has 0 bridgehead atoms. The van der Waals surface area contributed by atoms with Gasteiger partial charge in [-0.1, -0.05) is 13.8 Å². The van der Waals surface area contributed by atoms with Crippen LogP contribution in [0.2, 0.25) is 0 Å². The van der Waals surface area contributed by atoms with Gasteiger partial charge in [-0.2, -0.15) is 4.31 Å². The number of benzene rings is 1. The Morgan fingerprint density at radius 3 is 2.32 bits per heavy atom. The SMILES string of the molecule is CC(C)Cc1nc(C(=O)N2CCN(S(=O)(=O)c3ccc(OC(F)(F)F)cc3)CC2)cs1. The fourth-order valence-electron chi connectivity index (χ4n) is 3.11. The highest BCUT2D eigenvalue weighted by atomic mass is 32.2. The minimum atomic E-state index is -4.85. The van der Waals surface area contributed by atoms with Crippen LogP contribution in [0.25, 0.3) is 0 Å². The van der Waals surface area contributed by atoms with Crippen LogP contribution < -0.4 is 4.74 Å². The average Bonchev–Trinajstić information content (AvgIpc) is 3.14. The van der Waals surface area contributed by atoms with Crippen LogP contribution in [0, 0.1) is 5.92 Å². The van der Waals surface area contributed by atoms with Crippen LogP contribution in [-0.4, -0.2) is 61.1 Å². The quantitative estimate of drug-likeness (QED) is 0.637. The number of ether oxygens (including phenoxy) is 1. The van der Waals surface area contributed by atoms with Gasteiger partial charge in [-0.15, -0.1) is 24.5 Å². The lowest BCUT2D eigenvalue weighted by Gasteiger charge is -2.33. The second kappa shape index (κ2) is 9.13. The first kappa shape index (κ1) is 23.5. The molecule has 0 aliphatic carbocycles. The maximum absolute atomic E-state index is 12.8. The zero-order valence-electron chi connectivity index (χ0n) is 16.9. The molecule has 0 unspecified atom stereocenters. The standard InChI is InChI=1S/C19H22F3N3O4S2/c1-13(2)11-17-23-16(12-30-17)18(26)24-7-9-25(10-8-24)31(27,28)15-5-3-14(4-6-15)29-19(20,21)22/h3-6,12-13H,7-11H2,1-2H3. The highest BCUT2D eigenvalue weighted by molar-refractivity contribution is 7.89. The first-order valence-corrected chi connectivity index (χ1v) is 11.9. The van der Waals surface area contributed by atoms with Crippen LogP contribution in [0.3, 0.4) is 0 Å². The molecule has 31 heavy (non-hydrogen) atoms. The summed E-state index contributed by atoms with van der Waals surface area (Å²) in [4.78, 5) is 18.5. The number of carbonyl (C=O) groups excluding carboxylic acids is 1. The Labute approximate surface area is 182 Å². The van der Waals surface area contributed by atoms with Gasteiger partial charge in [0.05, 0.1) is 9.90 Å². The summed E-state index contributed by atoms with van der Waals surface area (Å²) < 4.78 is 67.3. The Morgan fingerprint density at radius 2 is 1.77 bits per heavy atom. The summed E-state index contributed by atoms with van der Waals surface area (Å²) in [5, 5.41) is 2.60. The number of hydrogen-bond donors (Lipinski definition) is 0. The summed E-state index contributed by atoms with van der Waals surface area (Å²) in [5.74, 6) is -0.309. The Balaban J connectivity index is 1.61. The monoisotopic (exact) mass is 477 g/mol. The normalized spacial score (nSPS) is 16.0. The van der Waals surface area contributed by atoms with Crippen LogP contribution in [0.1, 0.15) is 29.3 Å². The van der Waals surface area contributed by atoms with Crippen molar-refractivity contribution in [3.05, 3.63) is 40.3 Å². The number of amides is 1. The molecule has 1 saturated heterocycles. The number of rotatable bonds is 6. The predicted molar refractivity (Wildman–Crippen MR) is 108 cm³/mol. The van der Waals surface area contributed by atoms with Crippen molar-refractivity contribution in [1.82, 2.24) is 14.2 Å². The molecule has 1 amide bonds. The Morgan fingerprint density at radius 1 is 1.16 bits per heavy atom. The Kier molecular flexibility index (Phi) is 6.92. The van der Waals surface area contributed by atoms with E-state index in [2.05, 4.69) is 23.6 Å². The first-order chi connectivity index (χ1) is 14.5. The molecule has 170 valence electrons. The predicted octanol–water partition coefficient (Wildman–Crippen LogP) is 3.39. The first-order valence-electron chi connectivity index (χ1n) is 9.55. The third-order valence-electron chi connectivity index (χ3n) is 4.57. The molecule has 1 aromatic heterocycles. The Bertz CT molecular complexity index is 1010. The van der Waals surface area contributed by atoms with E-state index < -0.39 is 22.1 Å². The average molecular weight is 478 g/mol. The number of halogens is 3. The van der Waals surface area contributed by atoms with Crippen LogP contribution in [0.4, 0.5) is 13.2 Å². The van der Waals surface area contributed by atoms with Gasteiger partial charge >= 0.3 is 6.36 Å². The number of carbonyl (C=O) groups is 1. The van der Waals surface area contributed by atoms with Gasteiger partial charge < -0.3 is 9.64 Å². The number of aromatic nitrogens is 1. The van der Waals surface area contributed by atoms with Crippen molar-refractivity contribution < 1.29 is 31.1 Å². The number of nitrogens with zero attached hydrogens (tertiary/aromatic N) is 3. The molecule has 1 aliphatic rings. The smallest absolute Gasteiger partial charge is 0.406 e. The van der Waals surface area contributed by atoms with Gasteiger partial charge in [-0.25, -0.2) is 13.4 Å². The highest BCUT2D eigenvalue weighted by Gasteiger charge is 2.33. The van der Waals surface area contributed by atoms with Gasteiger partial charge in [-0.3, -0.25) is 4.79 Å². The third kappa shape index (κ3) is 5.95. The van der Waals surface area contributed by atoms with Gasteiger partial charge in [0.15, 0.2) is 0 Å². The van der Waals surface area contributed by atoms with Crippen LogP contribution in [0.5, 0.6) is 5.75 Å². The van der Waals surface area contributed by atoms with E-state index in [1.165, 1.54) is 15.6 Å². The third-order valence-corrected chi connectivity index (χ3v) is 7.36. The van der Waals surface area contributed by atoms with E-state index in [9.17, 15) is 26.4 Å². The molecule has 1 aliphatic heterocycles. The molecule has 7 nitrogen and oxygen atoms in total. The van der Waals surface area contributed by atoms with Gasteiger partial charge in [0.25, 0.3) is 5.91 Å². The van der Waals surface area contributed by atoms with E-state index in [-0.39, 0.29) is 37.0 Å². The van der Waals surface area contributed by atoms with E-state index >= 15 is 0 Å². The van der Waals surface area contributed by atoms with Crippen molar-refractivity contribution in [2.75, 3.05) is 26.2 Å². The molecule has 0 atom stereocenters. The lowest BCUT2D eigenvalue weighted by atomic mass is 10.1. The Hall–Kier alpha value is -2.18. The molecule has 2 heterocycles. The minimum Gasteiger partial charge on any atom is -0.406 e. The lowest BCUT2D eigenvalue weighted by molar-refractivity contribution is -0.274. The molecule has 1 aromatic carbocycles. The van der Waals surface area contributed by atoms with Crippen molar-refractivity contribution in [1.29, 1.82) is 0 Å². The molecular formula is C19H22F3N3O4S2. The van der Waals surface area contributed by atoms with Crippen LogP contribution >= 0.6 is 11.3 Å². The maximum atomic E-state index is 12.8. The second-order valence-electron chi connectivity index (χ2n) is 7.44. The second-order valence-corrected chi connectivity index (χ2v) is 10.3. The van der Waals surface area contributed by atoms with Crippen molar-refractivity contribution >= 4 is 27.3 Å². The summed E-state index contributed by atoms with van der Waals surface area (Å²) in [6.07, 6.45) is -4.06. The van der Waals surface area contributed by atoms with E-state index in [1.54, 1.807) is 10.3 Å². The zero-order chi connectivity index (χ0) is 22.8. The summed E-state index contributed by atoms with van der Waals surface area (Å²) in [6, 6.07) is 4.05. The number of sulfonamides is 1. The van der Waals surface area contributed by atoms with Gasteiger partial charge in [0.1, 0.15) is 11.4 Å². The molecule has 2 aromatic rings. The molecule has 3 rings (SSSR count). The van der Waals surface area contributed by atoms with Gasteiger partial charge in [0, 0.05) is 38.0 Å². The number of alkyl halides is 3. The van der Waals surface area contributed by atoms with Gasteiger partial charge in [-0.05, 0) is 30.2 Å². The number of hydrogen-bond acceptors (Lipinski definition) is 6. The van der Waals surface area contributed by atoms with Crippen molar-refractivity contribution in [2.24, 2.45) is 5.92 Å². The summed E-state index contributed by atoms with van der Waals surface area (Å²) in [7, 11) is -3.90. The largest absolute Gasteiger partial charge is 0.573 e. The molecular weight excluding hydrogens is 455 g/mol. The molecule has 0 radical (unpaired) electrons. The van der Waals surface area contributed by atoms with Crippen LogP contribution in [-0.2, 0) is 16.4 Å². The summed E-state index contributed by atoms with van der Waals surface area (Å²) >= 11 is 1.43. The zero-order valence-corrected chi connectivity index (χ0v) is 18.6. The van der Waals surface area contributed by atoms with E-state index in [0.717, 1.165) is 35.7 Å². The maximum Gasteiger partial charge on any atom is 0.573 e. The van der Waals surface area contributed by atoms with Crippen molar-refractivity contribution in [2.45, 2.75) is 31.5 Å². The van der Waals surface area contributed by atoms with E-state index in [1.807, 2.05) is 0 Å². The van der Waals surface area contributed by atoms with Gasteiger partial charge in [0.2, 0.25) is 10.0 Å². The van der Waals surface area contributed by atoms with E-state index in [4.69, 9.17) is 0 Å². The number of thiazole rings is 1. The number of piperazine rings is 1. The molecule has 0 spiro atoms. The van der Waals surface area contributed by atoms with Crippen molar-refractivity contribution in [3.63, 3.8) is 0 Å². The fourth-order valence-corrected chi connectivity index (χ4v) is 5.51. The molecule has 0 saturated carbocycles. The van der Waals surface area contributed by atoms with Crippen LogP contribution in [0.15, 0.2) is 34.5 Å². The summed E-state index contributed by atoms with van der Waals surface area (Å²) in [5.41, 5.74) is 0.359. The highest BCUT2D eigenvalue weighted by Crippen LogP contribution is 2.26. The molecule has 0 N–H and O–H groups in total. The van der Waals surface area contributed by atoms with Crippen molar-refractivity contribution in [3.8, 4) is 5.75 Å². The topological polar surface area (TPSA) is 79.8 Å². The fraction of sp³-hybridized carbons (Fsp3) is 0.474. The molecule has 1 fully saturated rings.